The summed E-state index contributed by atoms with van der Waals surface area (Å²) in [6.45, 7) is 5.09. The zero-order valence-corrected chi connectivity index (χ0v) is 9.79. The van der Waals surface area contributed by atoms with Crippen LogP contribution in [-0.4, -0.2) is 18.6 Å². The lowest BCUT2D eigenvalue weighted by atomic mass is 10.5. The van der Waals surface area contributed by atoms with Crippen molar-refractivity contribution in [2.45, 2.75) is 12.5 Å². The second-order valence-corrected chi connectivity index (χ2v) is 11.2. The molecule has 0 aliphatic carbocycles. The maximum atomic E-state index is 11.1. The Kier molecular flexibility index (Phi) is 5.25. The van der Waals surface area contributed by atoms with Crippen molar-refractivity contribution in [1.82, 2.24) is 0 Å². The number of carbonyl (C=O) groups is 1. The van der Waals surface area contributed by atoms with Gasteiger partial charge in [-0.2, -0.15) is 0 Å². The van der Waals surface area contributed by atoms with E-state index >= 15 is 0 Å². The van der Waals surface area contributed by atoms with Crippen LogP contribution < -0.4 is 0 Å². The summed E-state index contributed by atoms with van der Waals surface area (Å²) in [7, 11) is 0. The minimum absolute atomic E-state index is 0.151. The molecule has 70 valence electrons. The van der Waals surface area contributed by atoms with Gasteiger partial charge in [-0.1, -0.05) is 19.6 Å². The Balaban J connectivity index is 4.02. The number of esters is 1. The van der Waals surface area contributed by atoms with E-state index in [2.05, 4.69) is 6.58 Å². The quantitative estimate of drug-likeness (QED) is 0.330. The number of rotatable bonds is 4. The molecule has 0 aromatic heterocycles. The smallest absolute Gasteiger partial charge is 0.354 e. The molecule has 0 aliphatic heterocycles. The van der Waals surface area contributed by atoms with E-state index in [1.165, 1.54) is 6.08 Å². The summed E-state index contributed by atoms with van der Waals surface area (Å²) in [5, 5.41) is 0. The SMILES string of the molecule is C=CCOC(=O)C(C)[Si](Cl)(Cl)Cl. The molecule has 1 atom stereocenters. The van der Waals surface area contributed by atoms with E-state index in [0.717, 1.165) is 0 Å². The van der Waals surface area contributed by atoms with E-state index in [1.54, 1.807) is 6.92 Å². The summed E-state index contributed by atoms with van der Waals surface area (Å²) in [6.07, 6.45) is 1.46. The molecule has 0 rings (SSSR count). The molecule has 2 nitrogen and oxygen atoms in total. The number of carbonyl (C=O) groups excluding carboxylic acids is 1. The monoisotopic (exact) mass is 246 g/mol. The van der Waals surface area contributed by atoms with Crippen molar-refractivity contribution in [2.75, 3.05) is 6.61 Å². The first kappa shape index (κ1) is 12.3. The summed E-state index contributed by atoms with van der Waals surface area (Å²) in [5.74, 6) is -0.485. The molecule has 0 aromatic carbocycles. The predicted molar refractivity (Wildman–Crippen MR) is 53.9 cm³/mol. The van der Waals surface area contributed by atoms with Crippen LogP contribution in [0, 0.1) is 0 Å². The van der Waals surface area contributed by atoms with E-state index < -0.39 is 17.5 Å². The van der Waals surface area contributed by atoms with Gasteiger partial charge in [0.25, 0.3) is 0 Å². The number of ether oxygens (including phenoxy) is 1. The molecule has 0 heterocycles. The minimum atomic E-state index is -2.97. The minimum Gasteiger partial charge on any atom is -0.461 e. The van der Waals surface area contributed by atoms with Gasteiger partial charge in [0, 0.05) is 0 Å². The van der Waals surface area contributed by atoms with Crippen LogP contribution in [0.1, 0.15) is 6.92 Å². The van der Waals surface area contributed by atoms with E-state index in [-0.39, 0.29) is 6.61 Å². The van der Waals surface area contributed by atoms with Crippen LogP contribution in [0.5, 0.6) is 0 Å². The van der Waals surface area contributed by atoms with Crippen LogP contribution in [0.3, 0.4) is 0 Å². The molecule has 0 saturated carbocycles. The van der Waals surface area contributed by atoms with Crippen molar-refractivity contribution in [3.05, 3.63) is 12.7 Å². The third-order valence-electron chi connectivity index (χ3n) is 1.19. The molecule has 0 fully saturated rings. The highest BCUT2D eigenvalue weighted by Gasteiger charge is 2.39. The van der Waals surface area contributed by atoms with Crippen LogP contribution in [0.4, 0.5) is 0 Å². The summed E-state index contributed by atoms with van der Waals surface area (Å²) in [4.78, 5) is 11.1. The van der Waals surface area contributed by atoms with Crippen LogP contribution in [0.2, 0.25) is 5.54 Å². The highest BCUT2D eigenvalue weighted by atomic mass is 35.8. The Morgan fingerprint density at radius 3 is 2.50 bits per heavy atom. The molecule has 0 aliphatic rings. The van der Waals surface area contributed by atoms with Crippen LogP contribution in [0.15, 0.2) is 12.7 Å². The molecule has 6 heteroatoms. The maximum absolute atomic E-state index is 11.1. The van der Waals surface area contributed by atoms with Crippen LogP contribution >= 0.6 is 33.2 Å². The zero-order chi connectivity index (χ0) is 9.78. The molecule has 0 saturated heterocycles. The van der Waals surface area contributed by atoms with Crippen molar-refractivity contribution >= 4 is 45.2 Å². The molecule has 0 aromatic rings. The Hall–Kier alpha value is 0.297. The van der Waals surface area contributed by atoms with Crippen molar-refractivity contribution in [3.8, 4) is 0 Å². The van der Waals surface area contributed by atoms with Gasteiger partial charge in [-0.15, -0.1) is 33.2 Å². The molecule has 0 N–H and O–H groups in total. The fraction of sp³-hybridized carbons (Fsp3) is 0.500. The summed E-state index contributed by atoms with van der Waals surface area (Å²) < 4.78 is 4.70. The summed E-state index contributed by atoms with van der Waals surface area (Å²) in [6, 6.07) is -2.97. The van der Waals surface area contributed by atoms with Crippen molar-refractivity contribution in [3.63, 3.8) is 0 Å². The third-order valence-corrected chi connectivity index (χ3v) is 5.35. The van der Waals surface area contributed by atoms with Crippen LogP contribution in [-0.2, 0) is 9.53 Å². The second-order valence-electron chi connectivity index (χ2n) is 2.18. The van der Waals surface area contributed by atoms with E-state index in [1.807, 2.05) is 0 Å². The molecule has 0 amide bonds. The Bertz CT molecular complexity index is 178. The fourth-order valence-corrected chi connectivity index (χ4v) is 1.55. The largest absolute Gasteiger partial charge is 0.461 e. The molecule has 1 unspecified atom stereocenters. The van der Waals surface area contributed by atoms with Gasteiger partial charge in [0.2, 0.25) is 0 Å². The molecular weight excluding hydrogens is 239 g/mol. The summed E-state index contributed by atoms with van der Waals surface area (Å²) >= 11 is 16.8. The van der Waals surface area contributed by atoms with Gasteiger partial charge in [0.15, 0.2) is 0 Å². The van der Waals surface area contributed by atoms with E-state index in [0.29, 0.717) is 0 Å². The lowest BCUT2D eigenvalue weighted by Crippen LogP contribution is -2.26. The standard InChI is InChI=1S/C6H9Cl3O2Si/c1-3-4-11-6(10)5(2)12(7,8)9/h3,5H,1,4H2,2H3. The van der Waals surface area contributed by atoms with E-state index in [4.69, 9.17) is 38.0 Å². The average molecular weight is 248 g/mol. The lowest BCUT2D eigenvalue weighted by molar-refractivity contribution is -0.141. The zero-order valence-electron chi connectivity index (χ0n) is 6.52. The van der Waals surface area contributed by atoms with E-state index in [9.17, 15) is 4.79 Å². The summed E-state index contributed by atoms with van der Waals surface area (Å²) in [5.41, 5.74) is -0.637. The first-order valence-corrected chi connectivity index (χ1v) is 8.35. The number of hydrogen-bond donors (Lipinski definition) is 0. The van der Waals surface area contributed by atoms with Crippen molar-refractivity contribution in [2.24, 2.45) is 0 Å². The third kappa shape index (κ3) is 4.35. The molecule has 0 radical (unpaired) electrons. The second kappa shape index (κ2) is 5.12. The molecule has 0 bridgehead atoms. The maximum Gasteiger partial charge on any atom is 0.354 e. The van der Waals surface area contributed by atoms with Crippen molar-refractivity contribution < 1.29 is 9.53 Å². The highest BCUT2D eigenvalue weighted by Crippen LogP contribution is 2.34. The lowest BCUT2D eigenvalue weighted by Gasteiger charge is -2.15. The van der Waals surface area contributed by atoms with Crippen LogP contribution in [0.25, 0.3) is 0 Å². The van der Waals surface area contributed by atoms with Gasteiger partial charge in [-0.05, 0) is 0 Å². The number of halogens is 3. The predicted octanol–water partition coefficient (Wildman–Crippen LogP) is 2.76. The van der Waals surface area contributed by atoms with Gasteiger partial charge in [-0.25, -0.2) is 0 Å². The van der Waals surface area contributed by atoms with Gasteiger partial charge in [-0.3, -0.25) is 4.79 Å². The fourth-order valence-electron chi connectivity index (χ4n) is 0.400. The van der Waals surface area contributed by atoms with Gasteiger partial charge in [0.05, 0.1) is 5.54 Å². The van der Waals surface area contributed by atoms with Crippen molar-refractivity contribution in [1.29, 1.82) is 0 Å². The first-order valence-electron chi connectivity index (χ1n) is 3.24. The Morgan fingerprint density at radius 1 is 1.67 bits per heavy atom. The Labute approximate surface area is 86.6 Å². The van der Waals surface area contributed by atoms with Gasteiger partial charge < -0.3 is 4.74 Å². The van der Waals surface area contributed by atoms with Gasteiger partial charge >= 0.3 is 12.0 Å². The molecular formula is C6H9Cl3O2Si. The molecule has 12 heavy (non-hydrogen) atoms. The normalized spacial score (nSPS) is 13.7. The number of hydrogen-bond acceptors (Lipinski definition) is 2. The average Bonchev–Trinajstić information content (AvgIpc) is 1.97. The van der Waals surface area contributed by atoms with Gasteiger partial charge in [0.1, 0.15) is 6.61 Å². The topological polar surface area (TPSA) is 26.3 Å². The highest BCUT2D eigenvalue weighted by molar-refractivity contribution is 7.65. The first-order chi connectivity index (χ1) is 5.39. The molecule has 0 spiro atoms. The Morgan fingerprint density at radius 2 is 2.17 bits per heavy atom.